The van der Waals surface area contributed by atoms with E-state index in [1.807, 2.05) is 0 Å². The molecule has 0 spiro atoms. The highest BCUT2D eigenvalue weighted by Crippen LogP contribution is 2.30. The van der Waals surface area contributed by atoms with Gasteiger partial charge in [0, 0.05) is 25.1 Å². The standard InChI is InChI=1S/C7H10N2OS2/c10-12-6-5-8-7(11-6)9-3-1-2-4-9/h5,10H,1-4H2. The number of anilines is 1. The molecule has 3 nitrogen and oxygen atoms in total. The van der Waals surface area contributed by atoms with Crippen molar-refractivity contribution >= 4 is 28.5 Å². The van der Waals surface area contributed by atoms with Gasteiger partial charge in [-0.15, -0.1) is 0 Å². The van der Waals surface area contributed by atoms with Gasteiger partial charge in [-0.25, -0.2) is 4.98 Å². The number of thiazole rings is 1. The van der Waals surface area contributed by atoms with Crippen LogP contribution >= 0.6 is 23.4 Å². The van der Waals surface area contributed by atoms with E-state index in [0.717, 1.165) is 34.5 Å². The van der Waals surface area contributed by atoms with E-state index < -0.39 is 0 Å². The summed E-state index contributed by atoms with van der Waals surface area (Å²) in [6, 6.07) is 0. The van der Waals surface area contributed by atoms with Crippen molar-refractivity contribution in [1.29, 1.82) is 0 Å². The van der Waals surface area contributed by atoms with Crippen molar-refractivity contribution in [1.82, 2.24) is 4.98 Å². The van der Waals surface area contributed by atoms with E-state index in [2.05, 4.69) is 9.88 Å². The van der Waals surface area contributed by atoms with Gasteiger partial charge in [-0.3, -0.25) is 0 Å². The SMILES string of the molecule is OSc1cnc(N2CCCC2)s1. The van der Waals surface area contributed by atoms with Gasteiger partial charge in [-0.2, -0.15) is 0 Å². The Morgan fingerprint density at radius 3 is 2.83 bits per heavy atom. The lowest BCUT2D eigenvalue weighted by molar-refractivity contribution is 0.665. The number of hydrogen-bond acceptors (Lipinski definition) is 5. The van der Waals surface area contributed by atoms with Crippen molar-refractivity contribution in [3.8, 4) is 0 Å². The lowest BCUT2D eigenvalue weighted by Gasteiger charge is -2.11. The lowest BCUT2D eigenvalue weighted by Crippen LogP contribution is -2.16. The molecule has 2 heterocycles. The van der Waals surface area contributed by atoms with Crippen molar-refractivity contribution in [2.24, 2.45) is 0 Å². The summed E-state index contributed by atoms with van der Waals surface area (Å²) in [5.74, 6) is 0. The zero-order valence-electron chi connectivity index (χ0n) is 6.56. The maximum Gasteiger partial charge on any atom is 0.186 e. The first-order valence-corrected chi connectivity index (χ1v) is 5.51. The summed E-state index contributed by atoms with van der Waals surface area (Å²) in [6.07, 6.45) is 4.26. The van der Waals surface area contributed by atoms with Gasteiger partial charge in [-0.05, 0) is 12.8 Å². The fourth-order valence-corrected chi connectivity index (χ4v) is 2.52. The van der Waals surface area contributed by atoms with Crippen LogP contribution in [0.2, 0.25) is 0 Å². The molecular weight excluding hydrogens is 192 g/mol. The molecule has 66 valence electrons. The molecular formula is C7H10N2OS2. The largest absolute Gasteiger partial charge is 0.348 e. The number of hydrogen-bond donors (Lipinski definition) is 1. The molecule has 2 rings (SSSR count). The molecule has 1 fully saturated rings. The molecule has 0 unspecified atom stereocenters. The predicted octanol–water partition coefficient (Wildman–Crippen LogP) is 2.31. The van der Waals surface area contributed by atoms with Crippen LogP contribution in [0.25, 0.3) is 0 Å². The minimum atomic E-state index is 0.778. The molecule has 0 amide bonds. The van der Waals surface area contributed by atoms with Crippen molar-refractivity contribution < 1.29 is 4.55 Å². The normalized spacial score (nSPS) is 17.2. The minimum absolute atomic E-state index is 0.778. The van der Waals surface area contributed by atoms with Gasteiger partial charge in [0.2, 0.25) is 0 Å². The molecule has 1 aliphatic rings. The lowest BCUT2D eigenvalue weighted by atomic mass is 10.4. The molecule has 1 N–H and O–H groups in total. The summed E-state index contributed by atoms with van der Waals surface area (Å²) in [6.45, 7) is 2.23. The topological polar surface area (TPSA) is 36.4 Å². The van der Waals surface area contributed by atoms with Crippen molar-refractivity contribution in [3.63, 3.8) is 0 Å². The average Bonchev–Trinajstić information content (AvgIpc) is 2.75. The Bertz CT molecular complexity index is 258. The zero-order chi connectivity index (χ0) is 8.39. The van der Waals surface area contributed by atoms with Crippen molar-refractivity contribution in [2.45, 2.75) is 17.1 Å². The summed E-state index contributed by atoms with van der Waals surface area (Å²) in [5.41, 5.74) is 0. The van der Waals surface area contributed by atoms with E-state index in [9.17, 15) is 0 Å². The van der Waals surface area contributed by atoms with Crippen LogP contribution in [0.1, 0.15) is 12.8 Å². The highest BCUT2D eigenvalue weighted by Gasteiger charge is 2.15. The molecule has 0 saturated carbocycles. The Labute approximate surface area is 79.6 Å². The van der Waals surface area contributed by atoms with E-state index in [4.69, 9.17) is 4.55 Å². The number of nitrogens with zero attached hydrogens (tertiary/aromatic N) is 2. The van der Waals surface area contributed by atoms with E-state index in [1.165, 1.54) is 12.8 Å². The van der Waals surface area contributed by atoms with Gasteiger partial charge in [0.1, 0.15) is 4.21 Å². The molecule has 1 aromatic heterocycles. The smallest absolute Gasteiger partial charge is 0.186 e. The number of rotatable bonds is 2. The third-order valence-electron chi connectivity index (χ3n) is 1.94. The highest BCUT2D eigenvalue weighted by molar-refractivity contribution is 7.95. The Balaban J connectivity index is 2.11. The van der Waals surface area contributed by atoms with Gasteiger partial charge in [0.05, 0.1) is 6.20 Å². The predicted molar refractivity (Wildman–Crippen MR) is 52.0 cm³/mol. The van der Waals surface area contributed by atoms with E-state index in [-0.39, 0.29) is 0 Å². The van der Waals surface area contributed by atoms with Crippen LogP contribution in [-0.4, -0.2) is 22.6 Å². The van der Waals surface area contributed by atoms with Gasteiger partial charge in [-0.1, -0.05) is 11.3 Å². The van der Waals surface area contributed by atoms with Crippen molar-refractivity contribution in [2.75, 3.05) is 18.0 Å². The average molecular weight is 202 g/mol. The quantitative estimate of drug-likeness (QED) is 0.747. The van der Waals surface area contributed by atoms with Gasteiger partial charge < -0.3 is 9.45 Å². The summed E-state index contributed by atoms with van der Waals surface area (Å²) < 4.78 is 9.63. The number of aromatic nitrogens is 1. The highest BCUT2D eigenvalue weighted by atomic mass is 32.2. The van der Waals surface area contributed by atoms with Crippen LogP contribution in [0.15, 0.2) is 10.4 Å². The Morgan fingerprint density at radius 2 is 2.25 bits per heavy atom. The van der Waals surface area contributed by atoms with Crippen LogP contribution < -0.4 is 4.90 Å². The van der Waals surface area contributed by atoms with E-state index in [0.29, 0.717) is 0 Å². The van der Waals surface area contributed by atoms with Crippen LogP contribution in [0.4, 0.5) is 5.13 Å². The summed E-state index contributed by atoms with van der Waals surface area (Å²) >= 11 is 2.34. The van der Waals surface area contributed by atoms with Crippen LogP contribution in [-0.2, 0) is 0 Å². The Kier molecular flexibility index (Phi) is 2.53. The first-order chi connectivity index (χ1) is 5.90. The van der Waals surface area contributed by atoms with Crippen LogP contribution in [0.3, 0.4) is 0 Å². The molecule has 0 atom stereocenters. The summed E-state index contributed by atoms with van der Waals surface area (Å²) in [5, 5.41) is 1.05. The summed E-state index contributed by atoms with van der Waals surface area (Å²) in [7, 11) is 0. The first-order valence-electron chi connectivity index (χ1n) is 3.92. The van der Waals surface area contributed by atoms with Crippen LogP contribution in [0.5, 0.6) is 0 Å². The third kappa shape index (κ3) is 1.57. The molecule has 5 heteroatoms. The molecule has 0 aliphatic carbocycles. The molecule has 12 heavy (non-hydrogen) atoms. The molecule has 1 aromatic rings. The van der Waals surface area contributed by atoms with Crippen molar-refractivity contribution in [3.05, 3.63) is 6.20 Å². The Hall–Kier alpha value is -0.260. The van der Waals surface area contributed by atoms with E-state index in [1.54, 1.807) is 17.5 Å². The zero-order valence-corrected chi connectivity index (χ0v) is 8.20. The monoisotopic (exact) mass is 202 g/mol. The molecule has 1 saturated heterocycles. The molecule has 0 radical (unpaired) electrons. The second kappa shape index (κ2) is 3.64. The molecule has 0 bridgehead atoms. The second-order valence-electron chi connectivity index (χ2n) is 2.75. The fourth-order valence-electron chi connectivity index (χ4n) is 1.35. The third-order valence-corrected chi connectivity index (χ3v) is 3.55. The molecule has 0 aromatic carbocycles. The van der Waals surface area contributed by atoms with Crippen LogP contribution in [0, 0.1) is 0 Å². The maximum absolute atomic E-state index is 8.76. The van der Waals surface area contributed by atoms with Gasteiger partial charge in [0.15, 0.2) is 5.13 Å². The first kappa shape index (κ1) is 8.34. The second-order valence-corrected chi connectivity index (χ2v) is 4.64. The van der Waals surface area contributed by atoms with Gasteiger partial charge >= 0.3 is 0 Å². The van der Waals surface area contributed by atoms with Gasteiger partial charge in [0.25, 0.3) is 0 Å². The Morgan fingerprint density at radius 1 is 1.50 bits per heavy atom. The summed E-state index contributed by atoms with van der Waals surface area (Å²) in [4.78, 5) is 6.50. The fraction of sp³-hybridized carbons (Fsp3) is 0.571. The van der Waals surface area contributed by atoms with E-state index >= 15 is 0 Å². The minimum Gasteiger partial charge on any atom is -0.348 e. The maximum atomic E-state index is 8.76. The molecule has 1 aliphatic heterocycles.